The Morgan fingerprint density at radius 3 is 2.88 bits per heavy atom. The van der Waals surface area contributed by atoms with Gasteiger partial charge in [-0.05, 0) is 35.6 Å². The van der Waals surface area contributed by atoms with Gasteiger partial charge in [-0.2, -0.15) is 11.8 Å². The van der Waals surface area contributed by atoms with E-state index >= 15 is 0 Å². The quantitative estimate of drug-likeness (QED) is 0.842. The zero-order valence-corrected chi connectivity index (χ0v) is 10.8. The Morgan fingerprint density at radius 1 is 1.44 bits per heavy atom. The maximum atomic E-state index is 6.19. The molecule has 0 saturated heterocycles. The monoisotopic (exact) mass is 235 g/mol. The van der Waals surface area contributed by atoms with Crippen molar-refractivity contribution in [2.45, 2.75) is 38.1 Å². The van der Waals surface area contributed by atoms with Crippen LogP contribution in [0.2, 0.25) is 0 Å². The van der Waals surface area contributed by atoms with Gasteiger partial charge in [-0.1, -0.05) is 37.6 Å². The van der Waals surface area contributed by atoms with E-state index in [2.05, 4.69) is 31.2 Å². The summed E-state index contributed by atoms with van der Waals surface area (Å²) in [4.78, 5) is 0. The molecule has 1 saturated carbocycles. The van der Waals surface area contributed by atoms with Crippen molar-refractivity contribution in [3.8, 4) is 0 Å². The number of thioether (sulfide) groups is 1. The SMILES string of the molecule is CCSCC(N)c1cccc(C2CCC2)c1. The lowest BCUT2D eigenvalue weighted by molar-refractivity contribution is 0.419. The molecule has 1 aliphatic carbocycles. The first-order chi connectivity index (χ1) is 7.81. The van der Waals surface area contributed by atoms with Gasteiger partial charge in [0.25, 0.3) is 0 Å². The van der Waals surface area contributed by atoms with Gasteiger partial charge < -0.3 is 5.73 Å². The molecule has 2 heteroatoms. The molecule has 88 valence electrons. The van der Waals surface area contributed by atoms with Crippen molar-refractivity contribution in [2.24, 2.45) is 5.73 Å². The highest BCUT2D eigenvalue weighted by Gasteiger charge is 2.19. The first-order valence-corrected chi connectivity index (χ1v) is 7.40. The molecule has 16 heavy (non-hydrogen) atoms. The molecule has 2 rings (SSSR count). The predicted octanol–water partition coefficient (Wildman–Crippen LogP) is 3.71. The average Bonchev–Trinajstić information content (AvgIpc) is 2.24. The maximum absolute atomic E-state index is 6.19. The minimum absolute atomic E-state index is 0.199. The lowest BCUT2D eigenvalue weighted by Gasteiger charge is -2.26. The molecule has 1 unspecified atom stereocenters. The van der Waals surface area contributed by atoms with E-state index in [0.717, 1.165) is 17.4 Å². The molecule has 1 atom stereocenters. The largest absolute Gasteiger partial charge is 0.323 e. The number of rotatable bonds is 5. The van der Waals surface area contributed by atoms with E-state index in [1.165, 1.54) is 30.4 Å². The molecule has 0 heterocycles. The second-order valence-corrected chi connectivity index (χ2v) is 5.88. The van der Waals surface area contributed by atoms with E-state index in [9.17, 15) is 0 Å². The summed E-state index contributed by atoms with van der Waals surface area (Å²) >= 11 is 1.92. The van der Waals surface area contributed by atoms with Crippen LogP contribution in [-0.4, -0.2) is 11.5 Å². The molecule has 0 spiro atoms. The molecular formula is C14H21NS. The van der Waals surface area contributed by atoms with Crippen LogP contribution in [0, 0.1) is 0 Å². The Balaban J connectivity index is 2.02. The summed E-state index contributed by atoms with van der Waals surface area (Å²) in [5, 5.41) is 0. The average molecular weight is 235 g/mol. The van der Waals surface area contributed by atoms with Crippen LogP contribution in [0.4, 0.5) is 0 Å². The fourth-order valence-electron chi connectivity index (χ4n) is 2.13. The van der Waals surface area contributed by atoms with E-state index in [1.54, 1.807) is 0 Å². The van der Waals surface area contributed by atoms with Crippen LogP contribution in [0.5, 0.6) is 0 Å². The first kappa shape index (κ1) is 12.0. The van der Waals surface area contributed by atoms with Crippen molar-refractivity contribution in [1.29, 1.82) is 0 Å². The molecule has 0 aromatic heterocycles. The maximum Gasteiger partial charge on any atom is 0.0386 e. The standard InChI is InChI=1S/C14H21NS/c1-2-16-10-14(15)13-8-4-7-12(9-13)11-5-3-6-11/h4,7-9,11,14H,2-3,5-6,10,15H2,1H3. The van der Waals surface area contributed by atoms with Gasteiger partial charge in [-0.15, -0.1) is 0 Å². The molecule has 1 nitrogen and oxygen atoms in total. The number of benzene rings is 1. The predicted molar refractivity (Wildman–Crippen MR) is 73.0 cm³/mol. The van der Waals surface area contributed by atoms with Gasteiger partial charge in [-0.25, -0.2) is 0 Å². The van der Waals surface area contributed by atoms with Crippen LogP contribution < -0.4 is 5.73 Å². The van der Waals surface area contributed by atoms with Crippen molar-refractivity contribution < 1.29 is 0 Å². The van der Waals surface area contributed by atoms with E-state index in [0.29, 0.717) is 0 Å². The van der Waals surface area contributed by atoms with Gasteiger partial charge in [0.15, 0.2) is 0 Å². The Labute approximate surface area is 103 Å². The number of hydrogen-bond acceptors (Lipinski definition) is 2. The van der Waals surface area contributed by atoms with Gasteiger partial charge in [-0.3, -0.25) is 0 Å². The lowest BCUT2D eigenvalue weighted by atomic mass is 9.79. The summed E-state index contributed by atoms with van der Waals surface area (Å²) < 4.78 is 0. The zero-order valence-electron chi connectivity index (χ0n) is 9.99. The summed E-state index contributed by atoms with van der Waals surface area (Å²) in [6, 6.07) is 9.12. The Bertz CT molecular complexity index is 333. The summed E-state index contributed by atoms with van der Waals surface area (Å²) in [6.07, 6.45) is 4.12. The molecule has 1 aromatic rings. The van der Waals surface area contributed by atoms with E-state index in [4.69, 9.17) is 5.73 Å². The molecule has 0 bridgehead atoms. The van der Waals surface area contributed by atoms with Gasteiger partial charge in [0.1, 0.15) is 0 Å². The molecule has 2 N–H and O–H groups in total. The van der Waals surface area contributed by atoms with Crippen molar-refractivity contribution in [1.82, 2.24) is 0 Å². The van der Waals surface area contributed by atoms with Gasteiger partial charge in [0.05, 0.1) is 0 Å². The topological polar surface area (TPSA) is 26.0 Å². The number of hydrogen-bond donors (Lipinski definition) is 1. The van der Waals surface area contributed by atoms with Crippen LogP contribution in [0.1, 0.15) is 49.3 Å². The summed E-state index contributed by atoms with van der Waals surface area (Å²) in [6.45, 7) is 2.18. The van der Waals surface area contributed by atoms with E-state index in [1.807, 2.05) is 11.8 Å². The lowest BCUT2D eigenvalue weighted by Crippen LogP contribution is -2.15. The summed E-state index contributed by atoms with van der Waals surface area (Å²) in [5.74, 6) is 2.99. The van der Waals surface area contributed by atoms with Crippen LogP contribution in [0.25, 0.3) is 0 Å². The zero-order chi connectivity index (χ0) is 11.4. The van der Waals surface area contributed by atoms with Crippen LogP contribution in [-0.2, 0) is 0 Å². The minimum atomic E-state index is 0.199. The van der Waals surface area contributed by atoms with Gasteiger partial charge in [0, 0.05) is 11.8 Å². The molecule has 1 aliphatic rings. The van der Waals surface area contributed by atoms with Gasteiger partial charge in [0.2, 0.25) is 0 Å². The van der Waals surface area contributed by atoms with Crippen LogP contribution >= 0.6 is 11.8 Å². The fourth-order valence-corrected chi connectivity index (χ4v) is 2.81. The van der Waals surface area contributed by atoms with Crippen molar-refractivity contribution in [3.05, 3.63) is 35.4 Å². The summed E-state index contributed by atoms with van der Waals surface area (Å²) in [7, 11) is 0. The van der Waals surface area contributed by atoms with Crippen molar-refractivity contribution in [3.63, 3.8) is 0 Å². The van der Waals surface area contributed by atoms with Crippen molar-refractivity contribution in [2.75, 3.05) is 11.5 Å². The Kier molecular flexibility index (Phi) is 4.30. The number of nitrogens with two attached hydrogens (primary N) is 1. The Morgan fingerprint density at radius 2 is 2.25 bits per heavy atom. The first-order valence-electron chi connectivity index (χ1n) is 6.24. The van der Waals surface area contributed by atoms with E-state index in [-0.39, 0.29) is 6.04 Å². The van der Waals surface area contributed by atoms with Crippen LogP contribution in [0.3, 0.4) is 0 Å². The summed E-state index contributed by atoms with van der Waals surface area (Å²) in [5.41, 5.74) is 9.00. The second kappa shape index (κ2) is 5.74. The third-order valence-electron chi connectivity index (χ3n) is 3.42. The van der Waals surface area contributed by atoms with Gasteiger partial charge >= 0.3 is 0 Å². The second-order valence-electron chi connectivity index (χ2n) is 4.56. The highest BCUT2D eigenvalue weighted by atomic mass is 32.2. The normalized spacial score (nSPS) is 18.1. The van der Waals surface area contributed by atoms with E-state index < -0.39 is 0 Å². The highest BCUT2D eigenvalue weighted by Crippen LogP contribution is 2.36. The molecular weight excluding hydrogens is 214 g/mol. The molecule has 0 radical (unpaired) electrons. The molecule has 0 aliphatic heterocycles. The smallest absolute Gasteiger partial charge is 0.0386 e. The van der Waals surface area contributed by atoms with Crippen molar-refractivity contribution >= 4 is 11.8 Å². The molecule has 1 fully saturated rings. The minimum Gasteiger partial charge on any atom is -0.323 e. The highest BCUT2D eigenvalue weighted by molar-refractivity contribution is 7.99. The molecule has 1 aromatic carbocycles. The Hall–Kier alpha value is -0.470. The fraction of sp³-hybridized carbons (Fsp3) is 0.571. The third-order valence-corrected chi connectivity index (χ3v) is 4.42. The molecule has 0 amide bonds. The van der Waals surface area contributed by atoms with Crippen LogP contribution in [0.15, 0.2) is 24.3 Å². The third kappa shape index (κ3) is 2.80.